The summed E-state index contributed by atoms with van der Waals surface area (Å²) in [5.74, 6) is 0.324. The predicted molar refractivity (Wildman–Crippen MR) is 60.2 cm³/mol. The molecule has 0 aromatic rings. The maximum Gasteiger partial charge on any atom is 0.158 e. The van der Waals surface area contributed by atoms with Crippen LogP contribution in [0.5, 0.6) is 0 Å². The lowest BCUT2D eigenvalue weighted by Crippen LogP contribution is -2.08. The van der Waals surface area contributed by atoms with Crippen molar-refractivity contribution in [3.63, 3.8) is 0 Å². The minimum atomic E-state index is 0.202. The van der Waals surface area contributed by atoms with Gasteiger partial charge in [-0.05, 0) is 36.3 Å². The standard InChI is InChI=1S/C13H20O/c1-10-11(6-5-7-12(10)14)8-9-13(2,3)4/h8-9H,5-7H2,1-4H3/b9-8+. The molecule has 0 atom stereocenters. The van der Waals surface area contributed by atoms with Crippen LogP contribution in [0.25, 0.3) is 0 Å². The number of allylic oxidation sites excluding steroid dienone is 4. The summed E-state index contributed by atoms with van der Waals surface area (Å²) in [5.41, 5.74) is 2.40. The average molecular weight is 192 g/mol. The second kappa shape index (κ2) is 4.12. The van der Waals surface area contributed by atoms with Crippen LogP contribution < -0.4 is 0 Å². The van der Waals surface area contributed by atoms with Crippen molar-refractivity contribution in [2.45, 2.75) is 47.0 Å². The maximum absolute atomic E-state index is 11.4. The molecule has 0 fully saturated rings. The topological polar surface area (TPSA) is 17.1 Å². The molecule has 14 heavy (non-hydrogen) atoms. The highest BCUT2D eigenvalue weighted by Gasteiger charge is 2.15. The van der Waals surface area contributed by atoms with Gasteiger partial charge in [0.05, 0.1) is 0 Å². The molecule has 0 radical (unpaired) electrons. The number of rotatable bonds is 1. The van der Waals surface area contributed by atoms with E-state index in [-0.39, 0.29) is 5.41 Å². The van der Waals surface area contributed by atoms with Gasteiger partial charge >= 0.3 is 0 Å². The van der Waals surface area contributed by atoms with Crippen LogP contribution in [0.15, 0.2) is 23.3 Å². The summed E-state index contributed by atoms with van der Waals surface area (Å²) in [6.07, 6.45) is 7.12. The summed E-state index contributed by atoms with van der Waals surface area (Å²) in [4.78, 5) is 11.4. The first kappa shape index (κ1) is 11.2. The number of carbonyl (C=O) groups is 1. The Hall–Kier alpha value is -0.850. The normalized spacial score (nSPS) is 19.6. The van der Waals surface area contributed by atoms with Crippen LogP contribution in [0.4, 0.5) is 0 Å². The Morgan fingerprint density at radius 1 is 1.21 bits per heavy atom. The second-order valence-corrected chi connectivity index (χ2v) is 5.13. The molecule has 0 N–H and O–H groups in total. The molecule has 1 aliphatic carbocycles. The van der Waals surface area contributed by atoms with Gasteiger partial charge in [0.1, 0.15) is 0 Å². The van der Waals surface area contributed by atoms with Gasteiger partial charge < -0.3 is 0 Å². The van der Waals surface area contributed by atoms with Gasteiger partial charge in [0, 0.05) is 6.42 Å². The van der Waals surface area contributed by atoms with Gasteiger partial charge in [-0.25, -0.2) is 0 Å². The van der Waals surface area contributed by atoms with E-state index in [9.17, 15) is 4.79 Å². The smallest absolute Gasteiger partial charge is 0.158 e. The summed E-state index contributed by atoms with van der Waals surface area (Å²) in [7, 11) is 0. The molecule has 0 saturated heterocycles. The van der Waals surface area contributed by atoms with Gasteiger partial charge in [0.2, 0.25) is 0 Å². The van der Waals surface area contributed by atoms with Gasteiger partial charge in [-0.2, -0.15) is 0 Å². The van der Waals surface area contributed by atoms with Gasteiger partial charge in [-0.15, -0.1) is 0 Å². The lowest BCUT2D eigenvalue weighted by Gasteiger charge is -2.16. The van der Waals surface area contributed by atoms with Crippen molar-refractivity contribution in [3.05, 3.63) is 23.3 Å². The molecule has 78 valence electrons. The largest absolute Gasteiger partial charge is 0.295 e. The molecule has 1 rings (SSSR count). The summed E-state index contributed by atoms with van der Waals surface area (Å²) < 4.78 is 0. The maximum atomic E-state index is 11.4. The predicted octanol–water partition coefficient (Wildman–Crippen LogP) is 3.66. The molecule has 0 unspecified atom stereocenters. The van der Waals surface area contributed by atoms with E-state index in [1.807, 2.05) is 6.92 Å². The molecule has 0 aromatic carbocycles. The zero-order valence-corrected chi connectivity index (χ0v) is 9.68. The highest BCUT2D eigenvalue weighted by Crippen LogP contribution is 2.24. The summed E-state index contributed by atoms with van der Waals surface area (Å²) >= 11 is 0. The molecule has 0 bridgehead atoms. The molecule has 0 heterocycles. The Kier molecular flexibility index (Phi) is 3.30. The van der Waals surface area contributed by atoms with Crippen LogP contribution in [0, 0.1) is 5.41 Å². The third kappa shape index (κ3) is 3.13. The fraction of sp³-hybridized carbons (Fsp3) is 0.615. The Morgan fingerprint density at radius 2 is 1.86 bits per heavy atom. The van der Waals surface area contributed by atoms with Crippen molar-refractivity contribution in [2.24, 2.45) is 5.41 Å². The van der Waals surface area contributed by atoms with E-state index < -0.39 is 0 Å². The zero-order chi connectivity index (χ0) is 10.8. The van der Waals surface area contributed by atoms with Crippen molar-refractivity contribution in [1.82, 2.24) is 0 Å². The highest BCUT2D eigenvalue weighted by molar-refractivity contribution is 5.96. The first-order chi connectivity index (χ1) is 6.40. The number of hydrogen-bond acceptors (Lipinski definition) is 1. The van der Waals surface area contributed by atoms with E-state index in [0.29, 0.717) is 5.78 Å². The molecular formula is C13H20O. The summed E-state index contributed by atoms with van der Waals surface area (Å²) in [6.45, 7) is 8.46. The molecule has 0 aliphatic heterocycles. The zero-order valence-electron chi connectivity index (χ0n) is 9.68. The highest BCUT2D eigenvalue weighted by atomic mass is 16.1. The van der Waals surface area contributed by atoms with Gasteiger partial charge in [0.25, 0.3) is 0 Å². The molecule has 0 aromatic heterocycles. The summed E-state index contributed by atoms with van der Waals surface area (Å²) in [6, 6.07) is 0. The van der Waals surface area contributed by atoms with Crippen LogP contribution in [0.1, 0.15) is 47.0 Å². The van der Waals surface area contributed by atoms with E-state index in [1.165, 1.54) is 5.57 Å². The van der Waals surface area contributed by atoms with Gasteiger partial charge in [-0.3, -0.25) is 4.79 Å². The first-order valence-corrected chi connectivity index (χ1v) is 5.32. The SMILES string of the molecule is CC1=C(/C=C/C(C)(C)C)CCCC1=O. The molecule has 1 nitrogen and oxygen atoms in total. The first-order valence-electron chi connectivity index (χ1n) is 5.32. The third-order valence-corrected chi connectivity index (χ3v) is 2.53. The van der Waals surface area contributed by atoms with Crippen molar-refractivity contribution in [3.8, 4) is 0 Å². The minimum Gasteiger partial charge on any atom is -0.295 e. The van der Waals surface area contributed by atoms with E-state index >= 15 is 0 Å². The monoisotopic (exact) mass is 192 g/mol. The molecular weight excluding hydrogens is 172 g/mol. The number of hydrogen-bond donors (Lipinski definition) is 0. The summed E-state index contributed by atoms with van der Waals surface area (Å²) in [5, 5.41) is 0. The van der Waals surface area contributed by atoms with E-state index in [1.54, 1.807) is 0 Å². The average Bonchev–Trinajstić information content (AvgIpc) is 2.06. The van der Waals surface area contributed by atoms with Crippen LogP contribution in [0.3, 0.4) is 0 Å². The van der Waals surface area contributed by atoms with Crippen molar-refractivity contribution in [2.75, 3.05) is 0 Å². The van der Waals surface area contributed by atoms with Crippen LogP contribution in [0.2, 0.25) is 0 Å². The lowest BCUT2D eigenvalue weighted by molar-refractivity contribution is -0.116. The third-order valence-electron chi connectivity index (χ3n) is 2.53. The van der Waals surface area contributed by atoms with Gasteiger partial charge in [-0.1, -0.05) is 32.9 Å². The fourth-order valence-electron chi connectivity index (χ4n) is 1.55. The van der Waals surface area contributed by atoms with Crippen molar-refractivity contribution < 1.29 is 4.79 Å². The molecule has 0 saturated carbocycles. The molecule has 0 spiro atoms. The van der Waals surface area contributed by atoms with E-state index in [0.717, 1.165) is 24.8 Å². The minimum absolute atomic E-state index is 0.202. The molecule has 1 aliphatic rings. The van der Waals surface area contributed by atoms with Crippen LogP contribution >= 0.6 is 0 Å². The Labute approximate surface area is 86.9 Å². The Morgan fingerprint density at radius 3 is 2.43 bits per heavy atom. The van der Waals surface area contributed by atoms with E-state index in [4.69, 9.17) is 0 Å². The number of carbonyl (C=O) groups excluding carboxylic acids is 1. The Balaban J connectivity index is 2.82. The number of ketones is 1. The quantitative estimate of drug-likeness (QED) is 0.619. The van der Waals surface area contributed by atoms with Crippen molar-refractivity contribution in [1.29, 1.82) is 0 Å². The van der Waals surface area contributed by atoms with Crippen LogP contribution in [-0.2, 0) is 4.79 Å². The number of Topliss-reactive ketones (excluding diaryl/α,β-unsaturated/α-hetero) is 1. The second-order valence-electron chi connectivity index (χ2n) is 5.13. The lowest BCUT2D eigenvalue weighted by atomic mass is 9.88. The van der Waals surface area contributed by atoms with Crippen molar-refractivity contribution >= 4 is 5.78 Å². The molecule has 1 heteroatoms. The molecule has 0 amide bonds. The van der Waals surface area contributed by atoms with Gasteiger partial charge in [0.15, 0.2) is 5.78 Å². The fourth-order valence-corrected chi connectivity index (χ4v) is 1.55. The Bertz CT molecular complexity index is 287. The van der Waals surface area contributed by atoms with E-state index in [2.05, 4.69) is 32.9 Å². The van der Waals surface area contributed by atoms with Crippen LogP contribution in [-0.4, -0.2) is 5.78 Å².